The number of urea groups is 1. The largest absolute Gasteiger partial charge is 0.323 e. The number of nitrogens with zero attached hydrogens (tertiary/aromatic N) is 1. The molecule has 1 aliphatic heterocycles. The Labute approximate surface area is 108 Å². The first-order chi connectivity index (χ1) is 8.52. The lowest BCUT2D eigenvalue weighted by Gasteiger charge is -2.31. The highest BCUT2D eigenvalue weighted by molar-refractivity contribution is 6.06. The lowest BCUT2D eigenvalue weighted by Crippen LogP contribution is -2.43. The molecule has 1 saturated heterocycles. The summed E-state index contributed by atoms with van der Waals surface area (Å²) in [5.41, 5.74) is 1.15. The highest BCUT2D eigenvalue weighted by Crippen LogP contribution is 2.27. The number of rotatable bonds is 3. The van der Waals surface area contributed by atoms with Gasteiger partial charge in [-0.05, 0) is 19.4 Å². The van der Waals surface area contributed by atoms with E-state index < -0.39 is 0 Å². The Balaban J connectivity index is 2.31. The van der Waals surface area contributed by atoms with Gasteiger partial charge in [-0.1, -0.05) is 37.3 Å². The summed E-state index contributed by atoms with van der Waals surface area (Å²) in [5, 5.41) is 10.6. The lowest BCUT2D eigenvalue weighted by atomic mass is 9.92. The van der Waals surface area contributed by atoms with E-state index in [9.17, 15) is 4.79 Å². The van der Waals surface area contributed by atoms with Gasteiger partial charge >= 0.3 is 6.03 Å². The third-order valence-electron chi connectivity index (χ3n) is 3.43. The first kappa shape index (κ1) is 12.6. The maximum absolute atomic E-state index is 11.8. The molecular formula is C14H19N3O. The van der Waals surface area contributed by atoms with E-state index in [1.54, 1.807) is 4.90 Å². The molecule has 1 fully saturated rings. The number of carbonyl (C=O) groups is 1. The number of amidine groups is 1. The Morgan fingerprint density at radius 1 is 1.22 bits per heavy atom. The standard InChI is InChI=1S/C14H19N3O/c1-9(2)17-12(13(15)16-14(17)18)10(3)11-7-5-4-6-8-11/h4-10,12H,1-3H3,(H2,15,16,18). The summed E-state index contributed by atoms with van der Waals surface area (Å²) in [4.78, 5) is 13.6. The number of nitrogens with one attached hydrogen (secondary N) is 2. The van der Waals surface area contributed by atoms with Crippen LogP contribution in [0.3, 0.4) is 0 Å². The molecular weight excluding hydrogens is 226 g/mol. The van der Waals surface area contributed by atoms with Crippen LogP contribution in [-0.2, 0) is 0 Å². The summed E-state index contributed by atoms with van der Waals surface area (Å²) in [7, 11) is 0. The Kier molecular flexibility index (Phi) is 3.36. The quantitative estimate of drug-likeness (QED) is 0.844. The molecule has 2 N–H and O–H groups in total. The summed E-state index contributed by atoms with van der Waals surface area (Å²) in [6.45, 7) is 6.01. The SMILES string of the molecule is CC(c1ccccc1)C1C(=N)NC(=O)N1C(C)C. The summed E-state index contributed by atoms with van der Waals surface area (Å²) >= 11 is 0. The van der Waals surface area contributed by atoms with Crippen molar-refractivity contribution in [2.24, 2.45) is 0 Å². The van der Waals surface area contributed by atoms with Gasteiger partial charge in [0.05, 0.1) is 6.04 Å². The van der Waals surface area contributed by atoms with E-state index in [2.05, 4.69) is 12.2 Å². The molecule has 0 spiro atoms. The molecule has 0 bridgehead atoms. The zero-order valence-corrected chi connectivity index (χ0v) is 11.0. The molecule has 2 atom stereocenters. The normalized spacial score (nSPS) is 21.3. The second-order valence-corrected chi connectivity index (χ2v) is 4.99. The van der Waals surface area contributed by atoms with Gasteiger partial charge in [0.25, 0.3) is 0 Å². The fourth-order valence-corrected chi connectivity index (χ4v) is 2.50. The van der Waals surface area contributed by atoms with Crippen LogP contribution in [0, 0.1) is 5.41 Å². The van der Waals surface area contributed by atoms with E-state index in [4.69, 9.17) is 5.41 Å². The number of hydrogen-bond acceptors (Lipinski definition) is 2. The van der Waals surface area contributed by atoms with Crippen LogP contribution in [-0.4, -0.2) is 28.9 Å². The third kappa shape index (κ3) is 2.10. The molecule has 96 valence electrons. The molecule has 4 nitrogen and oxygen atoms in total. The highest BCUT2D eigenvalue weighted by atomic mass is 16.2. The van der Waals surface area contributed by atoms with Crippen molar-refractivity contribution in [3.63, 3.8) is 0 Å². The monoisotopic (exact) mass is 245 g/mol. The third-order valence-corrected chi connectivity index (χ3v) is 3.43. The molecule has 2 rings (SSSR count). The van der Waals surface area contributed by atoms with E-state index in [-0.39, 0.29) is 24.0 Å². The van der Waals surface area contributed by atoms with Crippen LogP contribution in [0.25, 0.3) is 0 Å². The van der Waals surface area contributed by atoms with Crippen LogP contribution in [0.5, 0.6) is 0 Å². The van der Waals surface area contributed by atoms with Gasteiger partial charge in [-0.25, -0.2) is 4.79 Å². The Morgan fingerprint density at radius 3 is 2.39 bits per heavy atom. The molecule has 2 amide bonds. The van der Waals surface area contributed by atoms with Gasteiger partial charge in [0.1, 0.15) is 5.84 Å². The van der Waals surface area contributed by atoms with Gasteiger partial charge in [-0.15, -0.1) is 0 Å². The fourth-order valence-electron chi connectivity index (χ4n) is 2.50. The van der Waals surface area contributed by atoms with Crippen molar-refractivity contribution in [3.05, 3.63) is 35.9 Å². The predicted molar refractivity (Wildman–Crippen MR) is 71.9 cm³/mol. The van der Waals surface area contributed by atoms with Crippen LogP contribution in [0.1, 0.15) is 32.3 Å². The number of carbonyl (C=O) groups excluding carboxylic acids is 1. The van der Waals surface area contributed by atoms with Crippen molar-refractivity contribution in [1.29, 1.82) is 5.41 Å². The molecule has 1 aliphatic rings. The first-order valence-electron chi connectivity index (χ1n) is 6.25. The van der Waals surface area contributed by atoms with Gasteiger partial charge in [0.15, 0.2) is 0 Å². The number of amides is 2. The van der Waals surface area contributed by atoms with E-state index in [0.717, 1.165) is 5.56 Å². The van der Waals surface area contributed by atoms with Crippen molar-refractivity contribution in [3.8, 4) is 0 Å². The predicted octanol–water partition coefficient (Wildman–Crippen LogP) is 2.57. The minimum atomic E-state index is -0.195. The van der Waals surface area contributed by atoms with Gasteiger partial charge in [0.2, 0.25) is 0 Å². The first-order valence-corrected chi connectivity index (χ1v) is 6.25. The van der Waals surface area contributed by atoms with Gasteiger partial charge in [-0.3, -0.25) is 10.7 Å². The summed E-state index contributed by atoms with van der Waals surface area (Å²) < 4.78 is 0. The van der Waals surface area contributed by atoms with E-state index in [0.29, 0.717) is 5.84 Å². The maximum Gasteiger partial charge on any atom is 0.323 e. The van der Waals surface area contributed by atoms with Crippen LogP contribution >= 0.6 is 0 Å². The Morgan fingerprint density at radius 2 is 1.83 bits per heavy atom. The molecule has 4 heteroatoms. The molecule has 0 saturated carbocycles. The van der Waals surface area contributed by atoms with Crippen molar-refractivity contribution >= 4 is 11.9 Å². The van der Waals surface area contributed by atoms with E-state index in [1.807, 2.05) is 44.2 Å². The Hall–Kier alpha value is -1.84. The van der Waals surface area contributed by atoms with E-state index in [1.165, 1.54) is 0 Å². The number of benzene rings is 1. The van der Waals surface area contributed by atoms with E-state index >= 15 is 0 Å². The molecule has 1 aromatic carbocycles. The second-order valence-electron chi connectivity index (χ2n) is 4.99. The van der Waals surface area contributed by atoms with Crippen molar-refractivity contribution in [2.45, 2.75) is 38.8 Å². The second kappa shape index (κ2) is 4.80. The molecule has 0 aromatic heterocycles. The van der Waals surface area contributed by atoms with Crippen molar-refractivity contribution < 1.29 is 4.79 Å². The van der Waals surface area contributed by atoms with Gasteiger partial charge in [0, 0.05) is 12.0 Å². The van der Waals surface area contributed by atoms with Crippen molar-refractivity contribution in [1.82, 2.24) is 10.2 Å². The molecule has 1 heterocycles. The minimum Gasteiger partial charge on any atom is -0.311 e. The van der Waals surface area contributed by atoms with Gasteiger partial charge < -0.3 is 4.90 Å². The zero-order valence-electron chi connectivity index (χ0n) is 11.0. The average molecular weight is 245 g/mol. The average Bonchev–Trinajstić information content (AvgIpc) is 2.64. The van der Waals surface area contributed by atoms with Gasteiger partial charge in [-0.2, -0.15) is 0 Å². The topological polar surface area (TPSA) is 56.2 Å². The molecule has 18 heavy (non-hydrogen) atoms. The maximum atomic E-state index is 11.8. The van der Waals surface area contributed by atoms with Crippen molar-refractivity contribution in [2.75, 3.05) is 0 Å². The number of hydrogen-bond donors (Lipinski definition) is 2. The lowest BCUT2D eigenvalue weighted by molar-refractivity contribution is 0.184. The van der Waals surface area contributed by atoms with Crippen LogP contribution in [0.15, 0.2) is 30.3 Å². The highest BCUT2D eigenvalue weighted by Gasteiger charge is 2.40. The fraction of sp³-hybridized carbons (Fsp3) is 0.429. The zero-order chi connectivity index (χ0) is 13.3. The molecule has 0 aliphatic carbocycles. The summed E-state index contributed by atoms with van der Waals surface area (Å²) in [6, 6.07) is 9.75. The van der Waals surface area contributed by atoms with Crippen LogP contribution in [0.2, 0.25) is 0 Å². The molecule has 1 aromatic rings. The smallest absolute Gasteiger partial charge is 0.311 e. The van der Waals surface area contributed by atoms with Crippen LogP contribution < -0.4 is 5.32 Å². The Bertz CT molecular complexity index is 455. The minimum absolute atomic E-state index is 0.0870. The molecule has 2 unspecified atom stereocenters. The summed E-state index contributed by atoms with van der Waals surface area (Å²) in [5.74, 6) is 0.408. The molecule has 0 radical (unpaired) electrons. The van der Waals surface area contributed by atoms with Crippen LogP contribution in [0.4, 0.5) is 4.79 Å². The summed E-state index contributed by atoms with van der Waals surface area (Å²) in [6.07, 6.45) is 0.